The third kappa shape index (κ3) is 3.22. The van der Waals surface area contributed by atoms with Gasteiger partial charge in [-0.05, 0) is 23.8 Å². The number of aromatic nitrogens is 2. The van der Waals surface area contributed by atoms with Crippen LogP contribution in [0, 0.1) is 5.82 Å². The van der Waals surface area contributed by atoms with Gasteiger partial charge in [-0.25, -0.2) is 13.9 Å². The Morgan fingerprint density at radius 2 is 2.00 bits per heavy atom. The Balaban J connectivity index is 1.48. The maximum atomic E-state index is 14.3. The Labute approximate surface area is 158 Å². The summed E-state index contributed by atoms with van der Waals surface area (Å²) in [4.78, 5) is 13.9. The van der Waals surface area contributed by atoms with Gasteiger partial charge in [-0.3, -0.25) is 4.90 Å². The van der Waals surface area contributed by atoms with Crippen LogP contribution in [0.1, 0.15) is 16.8 Å². The molecular formula is C19H15BrFN3O2. The maximum Gasteiger partial charge on any atom is 0.410 e. The lowest BCUT2D eigenvalue weighted by molar-refractivity contribution is 0.0949. The second-order valence-electron chi connectivity index (χ2n) is 6.02. The van der Waals surface area contributed by atoms with Crippen LogP contribution in [0.3, 0.4) is 0 Å². The van der Waals surface area contributed by atoms with Crippen LogP contribution >= 0.6 is 15.9 Å². The number of hydrogen-bond donors (Lipinski definition) is 0. The molecule has 0 N–H and O–H groups in total. The summed E-state index contributed by atoms with van der Waals surface area (Å²) >= 11 is 3.25. The van der Waals surface area contributed by atoms with Crippen molar-refractivity contribution in [1.82, 2.24) is 14.7 Å². The molecule has 0 aliphatic carbocycles. The molecule has 5 nitrogen and oxygen atoms in total. The fourth-order valence-electron chi connectivity index (χ4n) is 2.95. The summed E-state index contributed by atoms with van der Waals surface area (Å²) in [5.41, 5.74) is 2.97. The number of ether oxygens (including phenoxy) is 1. The van der Waals surface area contributed by atoms with Crippen molar-refractivity contribution < 1.29 is 13.9 Å². The molecule has 1 aliphatic heterocycles. The summed E-state index contributed by atoms with van der Waals surface area (Å²) in [7, 11) is 0. The van der Waals surface area contributed by atoms with E-state index in [-0.39, 0.29) is 12.4 Å². The smallest absolute Gasteiger partial charge is 0.410 e. The number of carbonyl (C=O) groups is 1. The zero-order valence-corrected chi connectivity index (χ0v) is 15.3. The number of benzene rings is 2. The predicted molar refractivity (Wildman–Crippen MR) is 97.1 cm³/mol. The summed E-state index contributed by atoms with van der Waals surface area (Å²) in [6, 6.07) is 14.3. The van der Waals surface area contributed by atoms with E-state index >= 15 is 0 Å². The molecule has 0 saturated carbocycles. The van der Waals surface area contributed by atoms with Crippen LogP contribution in [0.5, 0.6) is 0 Å². The van der Waals surface area contributed by atoms with Crippen molar-refractivity contribution in [1.29, 1.82) is 0 Å². The molecule has 1 amide bonds. The standard InChI is InChI=1S/C19H15BrFN3O2/c20-15-6-7-17(16(21)8-15)24-18-11-23(10-14(18)9-22-24)19(25)26-12-13-4-2-1-3-5-13/h1-9H,10-12H2. The number of rotatable bonds is 3. The zero-order chi connectivity index (χ0) is 18.1. The monoisotopic (exact) mass is 415 g/mol. The molecule has 132 valence electrons. The maximum absolute atomic E-state index is 14.3. The van der Waals surface area contributed by atoms with E-state index in [1.807, 2.05) is 30.3 Å². The van der Waals surface area contributed by atoms with Crippen molar-refractivity contribution in [2.45, 2.75) is 19.7 Å². The Hall–Kier alpha value is -2.67. The first-order valence-electron chi connectivity index (χ1n) is 8.08. The first-order valence-corrected chi connectivity index (χ1v) is 8.88. The van der Waals surface area contributed by atoms with Crippen molar-refractivity contribution in [2.24, 2.45) is 0 Å². The van der Waals surface area contributed by atoms with Gasteiger partial charge in [-0.15, -0.1) is 0 Å². The number of hydrogen-bond acceptors (Lipinski definition) is 3. The highest BCUT2D eigenvalue weighted by molar-refractivity contribution is 9.10. The molecule has 1 aliphatic rings. The largest absolute Gasteiger partial charge is 0.445 e. The Morgan fingerprint density at radius 3 is 2.77 bits per heavy atom. The number of carbonyl (C=O) groups excluding carboxylic acids is 1. The summed E-state index contributed by atoms with van der Waals surface area (Å²) in [5, 5.41) is 4.27. The lowest BCUT2D eigenvalue weighted by Crippen LogP contribution is -2.26. The van der Waals surface area contributed by atoms with Crippen molar-refractivity contribution in [2.75, 3.05) is 0 Å². The third-order valence-corrected chi connectivity index (χ3v) is 4.75. The van der Waals surface area contributed by atoms with Gasteiger partial charge in [0.25, 0.3) is 0 Å². The van der Waals surface area contributed by atoms with Crippen molar-refractivity contribution >= 4 is 22.0 Å². The van der Waals surface area contributed by atoms with Gasteiger partial charge in [0.05, 0.1) is 25.0 Å². The summed E-state index contributed by atoms with van der Waals surface area (Å²) in [5.74, 6) is -0.379. The molecule has 0 bridgehead atoms. The molecule has 2 heterocycles. The minimum atomic E-state index is -0.395. The number of amides is 1. The quantitative estimate of drug-likeness (QED) is 0.635. The van der Waals surface area contributed by atoms with Crippen LogP contribution in [-0.4, -0.2) is 20.8 Å². The Kier molecular flexibility index (Phi) is 4.46. The van der Waals surface area contributed by atoms with Crippen LogP contribution in [0.4, 0.5) is 9.18 Å². The second-order valence-corrected chi connectivity index (χ2v) is 6.94. The van der Waals surface area contributed by atoms with Gasteiger partial charge in [0.15, 0.2) is 0 Å². The fraction of sp³-hybridized carbons (Fsp3) is 0.158. The summed E-state index contributed by atoms with van der Waals surface area (Å²) in [6.07, 6.45) is 1.27. The lowest BCUT2D eigenvalue weighted by Gasteiger charge is -2.16. The van der Waals surface area contributed by atoms with Crippen LogP contribution in [0.15, 0.2) is 59.2 Å². The fourth-order valence-corrected chi connectivity index (χ4v) is 3.28. The third-order valence-electron chi connectivity index (χ3n) is 4.26. The van der Waals surface area contributed by atoms with E-state index in [9.17, 15) is 9.18 Å². The van der Waals surface area contributed by atoms with E-state index in [0.29, 0.717) is 23.2 Å². The molecular weight excluding hydrogens is 401 g/mol. The van der Waals surface area contributed by atoms with Gasteiger partial charge in [0.1, 0.15) is 18.1 Å². The zero-order valence-electron chi connectivity index (χ0n) is 13.7. The Morgan fingerprint density at radius 1 is 1.19 bits per heavy atom. The number of halogens is 2. The van der Waals surface area contributed by atoms with Gasteiger partial charge in [-0.2, -0.15) is 5.10 Å². The van der Waals surface area contributed by atoms with Gasteiger partial charge in [0, 0.05) is 10.0 Å². The molecule has 0 unspecified atom stereocenters. The number of nitrogens with zero attached hydrogens (tertiary/aromatic N) is 3. The van der Waals surface area contributed by atoms with E-state index in [0.717, 1.165) is 16.8 Å². The SMILES string of the molecule is O=C(OCc1ccccc1)N1Cc2cnn(-c3ccc(Br)cc3F)c2C1. The molecule has 3 aromatic rings. The summed E-state index contributed by atoms with van der Waals surface area (Å²) in [6.45, 7) is 0.958. The van der Waals surface area contributed by atoms with Crippen molar-refractivity contribution in [3.05, 3.63) is 81.8 Å². The van der Waals surface area contributed by atoms with E-state index in [4.69, 9.17) is 4.74 Å². The van der Waals surface area contributed by atoms with E-state index < -0.39 is 6.09 Å². The highest BCUT2D eigenvalue weighted by Crippen LogP contribution is 2.27. The van der Waals surface area contributed by atoms with Crippen molar-refractivity contribution in [3.8, 4) is 5.69 Å². The van der Waals surface area contributed by atoms with E-state index in [2.05, 4.69) is 21.0 Å². The van der Waals surface area contributed by atoms with Crippen LogP contribution < -0.4 is 0 Å². The highest BCUT2D eigenvalue weighted by Gasteiger charge is 2.29. The first kappa shape index (κ1) is 16.8. The predicted octanol–water partition coefficient (Wildman–Crippen LogP) is 4.43. The average molecular weight is 416 g/mol. The molecule has 1 aromatic heterocycles. The molecule has 4 rings (SSSR count). The Bertz CT molecular complexity index is 959. The van der Waals surface area contributed by atoms with Crippen LogP contribution in [-0.2, 0) is 24.4 Å². The molecule has 0 spiro atoms. The highest BCUT2D eigenvalue weighted by atomic mass is 79.9. The molecule has 0 radical (unpaired) electrons. The molecule has 2 aromatic carbocycles. The topological polar surface area (TPSA) is 47.4 Å². The van der Waals surface area contributed by atoms with Gasteiger partial charge >= 0.3 is 6.09 Å². The second kappa shape index (κ2) is 6.92. The first-order chi connectivity index (χ1) is 12.6. The normalized spacial score (nSPS) is 12.9. The van der Waals surface area contributed by atoms with E-state index in [1.54, 1.807) is 27.9 Å². The molecule has 0 fully saturated rings. The minimum Gasteiger partial charge on any atom is -0.445 e. The molecule has 0 atom stereocenters. The van der Waals surface area contributed by atoms with E-state index in [1.165, 1.54) is 6.07 Å². The molecule has 26 heavy (non-hydrogen) atoms. The van der Waals surface area contributed by atoms with Gasteiger partial charge < -0.3 is 4.74 Å². The minimum absolute atomic E-state index is 0.222. The van der Waals surface area contributed by atoms with Crippen LogP contribution in [0.2, 0.25) is 0 Å². The summed E-state index contributed by atoms with van der Waals surface area (Å²) < 4.78 is 21.8. The van der Waals surface area contributed by atoms with Gasteiger partial charge in [0.2, 0.25) is 0 Å². The van der Waals surface area contributed by atoms with Crippen molar-refractivity contribution in [3.63, 3.8) is 0 Å². The van der Waals surface area contributed by atoms with Gasteiger partial charge in [-0.1, -0.05) is 46.3 Å². The average Bonchev–Trinajstić information content (AvgIpc) is 3.22. The van der Waals surface area contributed by atoms with Crippen LogP contribution in [0.25, 0.3) is 5.69 Å². The number of fused-ring (bicyclic) bond motifs is 1. The molecule has 0 saturated heterocycles. The molecule has 7 heteroatoms. The lowest BCUT2D eigenvalue weighted by atomic mass is 10.2.